The summed E-state index contributed by atoms with van der Waals surface area (Å²) < 4.78 is 38.2. The first kappa shape index (κ1) is 21.3. The number of carbonyl (C=O) groups is 1. The Morgan fingerprint density at radius 3 is 2.43 bits per heavy atom. The highest BCUT2D eigenvalue weighted by Gasteiger charge is 2.28. The number of esters is 1. The van der Waals surface area contributed by atoms with E-state index < -0.39 is 22.0 Å². The maximum absolute atomic E-state index is 11.8. The molecule has 1 aromatic rings. The third-order valence-electron chi connectivity index (χ3n) is 2.66. The smallest absolute Gasteiger partial charge is 0.400 e. The topological polar surface area (TPSA) is 114 Å². The molecular formula is C15H23NO6S. The lowest BCUT2D eigenvalue weighted by atomic mass is 10.1. The van der Waals surface area contributed by atoms with Crippen molar-refractivity contribution in [2.45, 2.75) is 32.5 Å². The van der Waals surface area contributed by atoms with Gasteiger partial charge < -0.3 is 10.9 Å². The Hall–Kier alpha value is -1.74. The largest absolute Gasteiger partial charge is 0.462 e. The molecule has 0 aliphatic rings. The second-order valence-electron chi connectivity index (χ2n) is 5.12. The molecule has 0 aliphatic carbocycles. The highest BCUT2D eigenvalue weighted by atomic mass is 32.3. The Labute approximate surface area is 137 Å². The molecule has 0 aliphatic heterocycles. The summed E-state index contributed by atoms with van der Waals surface area (Å²) >= 11 is 0. The zero-order valence-corrected chi connectivity index (χ0v) is 14.2. The molecule has 0 atom stereocenters. The molecule has 0 spiro atoms. The third kappa shape index (κ3) is 9.09. The lowest BCUT2D eigenvalue weighted by molar-refractivity contribution is -0.138. The first-order chi connectivity index (χ1) is 10.2. The molecule has 0 saturated carbocycles. The van der Waals surface area contributed by atoms with Gasteiger partial charge in [-0.1, -0.05) is 36.9 Å². The summed E-state index contributed by atoms with van der Waals surface area (Å²) in [7, 11) is -4.15. The Morgan fingerprint density at radius 1 is 1.26 bits per heavy atom. The summed E-state index contributed by atoms with van der Waals surface area (Å²) in [5.74, 6) is -0.570. The number of hydrogen-bond donors (Lipinski definition) is 1. The normalized spacial score (nSPS) is 11.4. The minimum absolute atomic E-state index is 0. The van der Waals surface area contributed by atoms with Crippen molar-refractivity contribution in [2.75, 3.05) is 6.61 Å². The highest BCUT2D eigenvalue weighted by Crippen LogP contribution is 2.19. The van der Waals surface area contributed by atoms with Crippen molar-refractivity contribution in [2.24, 2.45) is 0 Å². The average molecular weight is 345 g/mol. The van der Waals surface area contributed by atoms with Crippen molar-refractivity contribution in [1.82, 2.24) is 6.15 Å². The van der Waals surface area contributed by atoms with Crippen LogP contribution in [0.2, 0.25) is 0 Å². The molecule has 0 bridgehead atoms. The van der Waals surface area contributed by atoms with Gasteiger partial charge in [-0.2, -0.15) is 8.42 Å². The lowest BCUT2D eigenvalue weighted by Crippen LogP contribution is -2.30. The maximum atomic E-state index is 11.8. The standard InChI is InChI=1S/C15H20O6S.H3N/c1-4-14(16)19-11-10-15(2,3)21-22(17,18)20-12-13-8-6-5-7-9-13;/h4-9H,1,10-12H2,2-3H3;1H3. The van der Waals surface area contributed by atoms with Gasteiger partial charge in [0.05, 0.1) is 18.8 Å². The van der Waals surface area contributed by atoms with Gasteiger partial charge in [0.15, 0.2) is 0 Å². The molecule has 1 rings (SSSR count). The number of carbonyl (C=O) groups excluding carboxylic acids is 1. The molecule has 130 valence electrons. The van der Waals surface area contributed by atoms with E-state index in [4.69, 9.17) is 13.1 Å². The fraction of sp³-hybridized carbons (Fsp3) is 0.400. The van der Waals surface area contributed by atoms with Gasteiger partial charge in [-0.15, -0.1) is 0 Å². The molecule has 8 heteroatoms. The van der Waals surface area contributed by atoms with E-state index in [1.165, 1.54) is 0 Å². The lowest BCUT2D eigenvalue weighted by Gasteiger charge is -2.23. The Kier molecular flexibility index (Phi) is 8.70. The van der Waals surface area contributed by atoms with Crippen molar-refractivity contribution in [3.63, 3.8) is 0 Å². The van der Waals surface area contributed by atoms with E-state index in [2.05, 4.69) is 6.58 Å². The molecule has 7 nitrogen and oxygen atoms in total. The molecule has 0 aromatic heterocycles. The summed E-state index contributed by atoms with van der Waals surface area (Å²) in [5, 5.41) is 0. The molecule has 0 amide bonds. The Bertz CT molecular complexity index is 598. The zero-order chi connectivity index (χ0) is 16.6. The predicted octanol–water partition coefficient (Wildman–Crippen LogP) is 2.52. The van der Waals surface area contributed by atoms with Crippen LogP contribution in [-0.4, -0.2) is 26.6 Å². The first-order valence-electron chi connectivity index (χ1n) is 6.67. The minimum Gasteiger partial charge on any atom is -0.462 e. The molecule has 0 fully saturated rings. The van der Waals surface area contributed by atoms with Crippen molar-refractivity contribution in [3.05, 3.63) is 48.6 Å². The predicted molar refractivity (Wildman–Crippen MR) is 86.1 cm³/mol. The molecule has 0 heterocycles. The van der Waals surface area contributed by atoms with Crippen LogP contribution in [0.1, 0.15) is 25.8 Å². The van der Waals surface area contributed by atoms with E-state index >= 15 is 0 Å². The second kappa shape index (κ2) is 9.41. The molecule has 1 aromatic carbocycles. The van der Waals surface area contributed by atoms with Crippen molar-refractivity contribution in [1.29, 1.82) is 0 Å². The SMILES string of the molecule is C=CC(=O)OCCC(C)(C)OS(=O)(=O)OCc1ccccc1.N. The van der Waals surface area contributed by atoms with Crippen molar-refractivity contribution >= 4 is 16.4 Å². The van der Waals surface area contributed by atoms with E-state index in [9.17, 15) is 13.2 Å². The summed E-state index contributed by atoms with van der Waals surface area (Å²) in [6, 6.07) is 8.88. The number of hydrogen-bond acceptors (Lipinski definition) is 7. The average Bonchev–Trinajstić information content (AvgIpc) is 2.45. The van der Waals surface area contributed by atoms with E-state index in [0.29, 0.717) is 5.56 Å². The summed E-state index contributed by atoms with van der Waals surface area (Å²) in [4.78, 5) is 10.9. The van der Waals surface area contributed by atoms with E-state index in [-0.39, 0.29) is 25.8 Å². The van der Waals surface area contributed by atoms with Crippen LogP contribution in [0, 0.1) is 0 Å². The summed E-state index contributed by atoms with van der Waals surface area (Å²) in [5.41, 5.74) is -0.343. The fourth-order valence-corrected chi connectivity index (χ4v) is 2.48. The van der Waals surface area contributed by atoms with Gasteiger partial charge >= 0.3 is 16.4 Å². The van der Waals surface area contributed by atoms with Gasteiger partial charge in [0, 0.05) is 12.5 Å². The number of benzene rings is 1. The number of rotatable bonds is 9. The fourth-order valence-electron chi connectivity index (χ4n) is 1.51. The molecule has 0 unspecified atom stereocenters. The van der Waals surface area contributed by atoms with Crippen LogP contribution in [0.5, 0.6) is 0 Å². The van der Waals surface area contributed by atoms with E-state index in [1.807, 2.05) is 6.07 Å². The van der Waals surface area contributed by atoms with Gasteiger partial charge in [0.2, 0.25) is 0 Å². The third-order valence-corrected chi connectivity index (χ3v) is 3.72. The minimum atomic E-state index is -4.15. The molecule has 0 saturated heterocycles. The van der Waals surface area contributed by atoms with Crippen LogP contribution in [0.25, 0.3) is 0 Å². The summed E-state index contributed by atoms with van der Waals surface area (Å²) in [6.07, 6.45) is 1.23. The van der Waals surface area contributed by atoms with E-state index in [1.54, 1.807) is 38.1 Å². The van der Waals surface area contributed by atoms with Crippen LogP contribution in [0.15, 0.2) is 43.0 Å². The van der Waals surface area contributed by atoms with Crippen LogP contribution in [0.4, 0.5) is 0 Å². The van der Waals surface area contributed by atoms with Crippen molar-refractivity contribution < 1.29 is 26.3 Å². The van der Waals surface area contributed by atoms with Crippen LogP contribution < -0.4 is 6.15 Å². The van der Waals surface area contributed by atoms with Crippen LogP contribution >= 0.6 is 0 Å². The van der Waals surface area contributed by atoms with Crippen LogP contribution in [0.3, 0.4) is 0 Å². The Morgan fingerprint density at radius 2 is 1.87 bits per heavy atom. The van der Waals surface area contributed by atoms with Gasteiger partial charge in [0.25, 0.3) is 0 Å². The monoisotopic (exact) mass is 345 g/mol. The van der Waals surface area contributed by atoms with Gasteiger partial charge in [0.1, 0.15) is 0 Å². The zero-order valence-electron chi connectivity index (χ0n) is 13.4. The quantitative estimate of drug-likeness (QED) is 0.540. The van der Waals surface area contributed by atoms with Gasteiger partial charge in [-0.3, -0.25) is 0 Å². The second-order valence-corrected chi connectivity index (χ2v) is 6.34. The van der Waals surface area contributed by atoms with E-state index in [0.717, 1.165) is 6.08 Å². The molecule has 0 radical (unpaired) electrons. The molecule has 3 N–H and O–H groups in total. The first-order valence-corrected chi connectivity index (χ1v) is 8.00. The summed E-state index contributed by atoms with van der Waals surface area (Å²) in [6.45, 7) is 6.32. The van der Waals surface area contributed by atoms with Gasteiger partial charge in [-0.05, 0) is 19.4 Å². The highest BCUT2D eigenvalue weighted by molar-refractivity contribution is 7.81. The van der Waals surface area contributed by atoms with Crippen molar-refractivity contribution in [3.8, 4) is 0 Å². The molecule has 23 heavy (non-hydrogen) atoms. The van der Waals surface area contributed by atoms with Gasteiger partial charge in [-0.25, -0.2) is 13.2 Å². The maximum Gasteiger partial charge on any atom is 0.400 e. The Balaban J connectivity index is 0.00000484. The van der Waals surface area contributed by atoms with Crippen LogP contribution in [-0.2, 0) is 34.9 Å². The molecular weight excluding hydrogens is 322 g/mol. The number of ether oxygens (including phenoxy) is 1.